The summed E-state index contributed by atoms with van der Waals surface area (Å²) < 4.78 is 19.4. The van der Waals surface area contributed by atoms with Gasteiger partial charge in [-0.3, -0.25) is 0 Å². The van der Waals surface area contributed by atoms with E-state index in [0.717, 1.165) is 32.7 Å². The summed E-state index contributed by atoms with van der Waals surface area (Å²) in [5, 5.41) is 2.96. The van der Waals surface area contributed by atoms with Crippen molar-refractivity contribution >= 4 is 50.0 Å². The molecule has 0 aliphatic rings. The van der Waals surface area contributed by atoms with Gasteiger partial charge in [-0.25, -0.2) is 0 Å². The van der Waals surface area contributed by atoms with Crippen LogP contribution in [-0.2, 0) is 0 Å². The number of hydrogen-bond acceptors (Lipinski definition) is 6. The van der Waals surface area contributed by atoms with Crippen molar-refractivity contribution in [1.29, 1.82) is 0 Å². The van der Waals surface area contributed by atoms with E-state index in [9.17, 15) is 0 Å². The molecule has 6 nitrogen and oxygen atoms in total. The van der Waals surface area contributed by atoms with Crippen molar-refractivity contribution in [3.8, 4) is 17.2 Å². The number of aromatic nitrogens is 3. The molecule has 3 aromatic carbocycles. The van der Waals surface area contributed by atoms with E-state index in [1.807, 2.05) is 91.0 Å². The molecule has 6 rings (SSSR count). The molecule has 3 aromatic heterocycles. The zero-order valence-electron chi connectivity index (χ0n) is 18.0. The fourth-order valence-electron chi connectivity index (χ4n) is 3.90. The summed E-state index contributed by atoms with van der Waals surface area (Å²) in [5.41, 5.74) is 2.29. The van der Waals surface area contributed by atoms with Crippen molar-refractivity contribution in [3.63, 3.8) is 0 Å². The molecular formula is C27H18GaN3O3. The predicted molar refractivity (Wildman–Crippen MR) is 133 cm³/mol. The van der Waals surface area contributed by atoms with Gasteiger partial charge in [-0.1, -0.05) is 0 Å². The van der Waals surface area contributed by atoms with Crippen molar-refractivity contribution in [2.24, 2.45) is 0 Å². The van der Waals surface area contributed by atoms with Gasteiger partial charge in [-0.15, -0.1) is 0 Å². The molecular weight excluding hydrogens is 481 g/mol. The van der Waals surface area contributed by atoms with Crippen LogP contribution in [0, 0.1) is 0 Å². The Hall–Kier alpha value is -4.07. The van der Waals surface area contributed by atoms with Gasteiger partial charge < -0.3 is 0 Å². The van der Waals surface area contributed by atoms with Gasteiger partial charge in [-0.2, -0.15) is 0 Å². The quantitative estimate of drug-likeness (QED) is 0.268. The van der Waals surface area contributed by atoms with Gasteiger partial charge in [0, 0.05) is 0 Å². The Morgan fingerprint density at radius 2 is 0.735 bits per heavy atom. The second kappa shape index (κ2) is 9.05. The van der Waals surface area contributed by atoms with E-state index in [2.05, 4.69) is 15.0 Å². The van der Waals surface area contributed by atoms with Gasteiger partial charge in [0.2, 0.25) is 0 Å². The minimum absolute atomic E-state index is 0.629. The van der Waals surface area contributed by atoms with Crippen LogP contribution in [0.3, 0.4) is 0 Å². The van der Waals surface area contributed by atoms with Gasteiger partial charge in [0.25, 0.3) is 0 Å². The van der Waals surface area contributed by atoms with Crippen LogP contribution >= 0.6 is 0 Å². The molecule has 3 heterocycles. The number of pyridine rings is 3. The van der Waals surface area contributed by atoms with Gasteiger partial charge >= 0.3 is 202 Å². The van der Waals surface area contributed by atoms with E-state index in [0.29, 0.717) is 17.2 Å². The average Bonchev–Trinajstić information content (AvgIpc) is 2.89. The fourth-order valence-corrected chi connectivity index (χ4v) is 6.70. The molecule has 162 valence electrons. The van der Waals surface area contributed by atoms with Crippen molar-refractivity contribution in [2.75, 3.05) is 0 Å². The van der Waals surface area contributed by atoms with Crippen LogP contribution in [0.25, 0.3) is 32.7 Å². The van der Waals surface area contributed by atoms with Crippen LogP contribution in [0.1, 0.15) is 0 Å². The number of fused-ring (bicyclic) bond motifs is 3. The predicted octanol–water partition coefficient (Wildman–Crippen LogP) is 5.85. The number of para-hydroxylation sites is 3. The Balaban J connectivity index is 1.42. The molecule has 0 amide bonds. The summed E-state index contributed by atoms with van der Waals surface area (Å²) >= 11 is -3.46. The van der Waals surface area contributed by atoms with E-state index >= 15 is 0 Å². The number of hydrogen-bond donors (Lipinski definition) is 0. The van der Waals surface area contributed by atoms with Crippen LogP contribution in [-0.4, -0.2) is 32.3 Å². The molecule has 0 fully saturated rings. The Morgan fingerprint density at radius 3 is 1.09 bits per heavy atom. The minimum atomic E-state index is -3.46. The van der Waals surface area contributed by atoms with E-state index in [1.54, 1.807) is 18.6 Å². The third kappa shape index (κ3) is 4.02. The van der Waals surface area contributed by atoms with Crippen molar-refractivity contribution in [2.45, 2.75) is 0 Å². The molecule has 0 saturated carbocycles. The first-order valence-corrected chi connectivity index (χ1v) is 13.8. The summed E-state index contributed by atoms with van der Waals surface area (Å²) in [6, 6.07) is 29.2. The maximum absolute atomic E-state index is 6.46. The van der Waals surface area contributed by atoms with E-state index in [1.165, 1.54) is 0 Å². The van der Waals surface area contributed by atoms with Crippen LogP contribution in [0.4, 0.5) is 0 Å². The summed E-state index contributed by atoms with van der Waals surface area (Å²) in [6.07, 6.45) is 5.26. The summed E-state index contributed by atoms with van der Waals surface area (Å²) in [5.74, 6) is 1.89. The normalized spacial score (nSPS) is 10.9. The van der Waals surface area contributed by atoms with Gasteiger partial charge in [0.15, 0.2) is 0 Å². The molecule has 0 aliphatic heterocycles. The number of nitrogens with zero attached hydrogens (tertiary/aromatic N) is 3. The first kappa shape index (κ1) is 20.5. The van der Waals surface area contributed by atoms with E-state index in [4.69, 9.17) is 10.6 Å². The number of benzene rings is 3. The first-order chi connectivity index (χ1) is 16.8. The van der Waals surface area contributed by atoms with Crippen molar-refractivity contribution in [3.05, 3.63) is 110 Å². The molecule has 0 saturated heterocycles. The molecule has 34 heavy (non-hydrogen) atoms. The Kier molecular flexibility index (Phi) is 5.46. The van der Waals surface area contributed by atoms with Gasteiger partial charge in [-0.05, 0) is 0 Å². The van der Waals surface area contributed by atoms with Crippen molar-refractivity contribution in [1.82, 2.24) is 15.0 Å². The van der Waals surface area contributed by atoms with E-state index < -0.39 is 17.3 Å². The Morgan fingerprint density at radius 1 is 0.412 bits per heavy atom. The van der Waals surface area contributed by atoms with Gasteiger partial charge in [0.05, 0.1) is 0 Å². The second-order valence-electron chi connectivity index (χ2n) is 7.64. The zero-order chi connectivity index (χ0) is 22.7. The molecule has 0 spiro atoms. The molecule has 0 unspecified atom stereocenters. The topological polar surface area (TPSA) is 66.4 Å². The standard InChI is InChI=1S/3C9H7NO.Ga/c3*11-8-5-1-3-7-4-2-6-10-9(7)8;/h3*1-6,11H;/q;;;+3/p-3/i;;;1-3. The fraction of sp³-hybridized carbons (Fsp3) is 0. The van der Waals surface area contributed by atoms with Gasteiger partial charge in [0.1, 0.15) is 0 Å². The third-order valence-corrected chi connectivity index (χ3v) is 8.27. The SMILES string of the molecule is c1cnc2c([O][67Ga]([O]c3cccc4cccnc34)[O]c3cccc4cccnc34)cccc2c1. The van der Waals surface area contributed by atoms with Crippen LogP contribution < -0.4 is 10.6 Å². The molecule has 0 bridgehead atoms. The monoisotopic (exact) mass is 499 g/mol. The first-order valence-electron chi connectivity index (χ1n) is 10.9. The summed E-state index contributed by atoms with van der Waals surface area (Å²) in [7, 11) is 0. The molecule has 0 radical (unpaired) electrons. The van der Waals surface area contributed by atoms with Crippen LogP contribution in [0.2, 0.25) is 0 Å². The zero-order valence-corrected chi connectivity index (χ0v) is 20.5. The maximum atomic E-state index is 6.46. The average molecular weight is 499 g/mol. The molecule has 6 aromatic rings. The molecule has 0 aliphatic carbocycles. The summed E-state index contributed by atoms with van der Waals surface area (Å²) in [4.78, 5) is 13.6. The number of rotatable bonds is 6. The molecule has 7 heteroatoms. The summed E-state index contributed by atoms with van der Waals surface area (Å²) in [6.45, 7) is 0. The van der Waals surface area contributed by atoms with Crippen molar-refractivity contribution < 1.29 is 10.6 Å². The van der Waals surface area contributed by atoms with Crippen LogP contribution in [0.5, 0.6) is 17.2 Å². The third-order valence-electron chi connectivity index (χ3n) is 5.46. The Labute approximate surface area is 202 Å². The van der Waals surface area contributed by atoms with Crippen LogP contribution in [0.15, 0.2) is 110 Å². The molecule has 0 atom stereocenters. The van der Waals surface area contributed by atoms with E-state index in [-0.39, 0.29) is 0 Å². The Bertz CT molecular complexity index is 1420. The molecule has 0 N–H and O–H groups in total. The second-order valence-corrected chi connectivity index (χ2v) is 10.3.